The number of nitrogens with zero attached hydrogens (tertiary/aromatic N) is 2. The maximum absolute atomic E-state index is 13.5. The topological polar surface area (TPSA) is 59.5 Å². The molecule has 1 unspecified atom stereocenters. The number of hydrogen-bond donors (Lipinski definition) is 0. The first-order valence-electron chi connectivity index (χ1n) is 7.95. The van der Waals surface area contributed by atoms with Gasteiger partial charge in [0, 0.05) is 6.54 Å². The predicted molar refractivity (Wildman–Crippen MR) is 94.7 cm³/mol. The summed E-state index contributed by atoms with van der Waals surface area (Å²) in [6.07, 6.45) is -0.507. The van der Waals surface area contributed by atoms with Crippen LogP contribution in [0.4, 0.5) is 4.39 Å². The summed E-state index contributed by atoms with van der Waals surface area (Å²) < 4.78 is 47.6. The first kappa shape index (κ1) is 18.4. The second kappa shape index (κ2) is 6.42. The van der Waals surface area contributed by atoms with E-state index in [-0.39, 0.29) is 23.2 Å². The Bertz CT molecular complexity index is 893. The molecule has 0 bridgehead atoms. The van der Waals surface area contributed by atoms with Crippen molar-refractivity contribution in [2.45, 2.75) is 43.5 Å². The standard InChI is InChI=1S/C17H21FN2O3S2/c1-11-16(24-12(2)19-11)25(21,22)20-9-15(23-10-17(20,3)4)13-6-5-7-14(18)8-13/h5-8,15H,9-10H2,1-4H3. The lowest BCUT2D eigenvalue weighted by molar-refractivity contribution is -0.0655. The molecule has 2 aromatic rings. The van der Waals surface area contributed by atoms with Crippen LogP contribution in [0.1, 0.15) is 36.2 Å². The molecule has 0 N–H and O–H groups in total. The molecule has 0 saturated carbocycles. The minimum atomic E-state index is -3.71. The molecular weight excluding hydrogens is 363 g/mol. The van der Waals surface area contributed by atoms with E-state index in [0.29, 0.717) is 16.3 Å². The van der Waals surface area contributed by atoms with Gasteiger partial charge >= 0.3 is 0 Å². The molecule has 1 aromatic carbocycles. The molecule has 0 radical (unpaired) electrons. The molecule has 8 heteroatoms. The van der Waals surface area contributed by atoms with E-state index in [1.807, 2.05) is 13.8 Å². The van der Waals surface area contributed by atoms with Gasteiger partial charge in [-0.15, -0.1) is 11.3 Å². The fraction of sp³-hybridized carbons (Fsp3) is 0.471. The molecule has 0 aliphatic carbocycles. The number of aromatic nitrogens is 1. The van der Waals surface area contributed by atoms with Crippen LogP contribution < -0.4 is 0 Å². The summed E-state index contributed by atoms with van der Waals surface area (Å²) in [5.41, 5.74) is 0.437. The number of ether oxygens (including phenoxy) is 1. The van der Waals surface area contributed by atoms with Gasteiger partial charge < -0.3 is 4.74 Å². The first-order chi connectivity index (χ1) is 11.6. The van der Waals surface area contributed by atoms with E-state index in [0.717, 1.165) is 0 Å². The van der Waals surface area contributed by atoms with Gasteiger partial charge in [-0.25, -0.2) is 17.8 Å². The Hall–Kier alpha value is -1.35. The number of hydrogen-bond acceptors (Lipinski definition) is 5. The number of thiazole rings is 1. The molecule has 0 spiro atoms. The SMILES string of the molecule is Cc1nc(C)c(S(=O)(=O)N2CC(c3cccc(F)c3)OCC2(C)C)s1. The maximum atomic E-state index is 13.5. The van der Waals surface area contributed by atoms with Crippen LogP contribution in [0.3, 0.4) is 0 Å². The minimum absolute atomic E-state index is 0.134. The Labute approximate surface area is 151 Å². The zero-order valence-electron chi connectivity index (χ0n) is 14.6. The third-order valence-electron chi connectivity index (χ3n) is 4.25. The highest BCUT2D eigenvalue weighted by atomic mass is 32.2. The smallest absolute Gasteiger partial charge is 0.255 e. The molecule has 3 rings (SSSR count). The van der Waals surface area contributed by atoms with E-state index in [9.17, 15) is 12.8 Å². The van der Waals surface area contributed by atoms with Crippen molar-refractivity contribution in [2.75, 3.05) is 13.2 Å². The van der Waals surface area contributed by atoms with Gasteiger partial charge in [0.15, 0.2) is 4.21 Å². The van der Waals surface area contributed by atoms with Crippen molar-refractivity contribution in [1.82, 2.24) is 9.29 Å². The Morgan fingerprint density at radius 3 is 2.68 bits per heavy atom. The summed E-state index contributed by atoms with van der Waals surface area (Å²) >= 11 is 1.17. The van der Waals surface area contributed by atoms with Gasteiger partial charge in [0.05, 0.1) is 29.0 Å². The summed E-state index contributed by atoms with van der Waals surface area (Å²) in [5, 5.41) is 0.712. The molecule has 1 atom stereocenters. The molecule has 136 valence electrons. The molecule has 1 fully saturated rings. The number of aryl methyl sites for hydroxylation is 2. The lowest BCUT2D eigenvalue weighted by Gasteiger charge is -2.44. The van der Waals surface area contributed by atoms with Crippen molar-refractivity contribution in [1.29, 1.82) is 0 Å². The van der Waals surface area contributed by atoms with Crippen LogP contribution in [0.15, 0.2) is 28.5 Å². The number of rotatable bonds is 3. The van der Waals surface area contributed by atoms with Crippen LogP contribution in [0.5, 0.6) is 0 Å². The third kappa shape index (κ3) is 3.48. The van der Waals surface area contributed by atoms with E-state index in [1.54, 1.807) is 26.0 Å². The van der Waals surface area contributed by atoms with Crippen LogP contribution in [0, 0.1) is 19.7 Å². The summed E-state index contributed by atoms with van der Waals surface area (Å²) in [7, 11) is -3.71. The van der Waals surface area contributed by atoms with Crippen molar-refractivity contribution in [3.63, 3.8) is 0 Å². The lowest BCUT2D eigenvalue weighted by atomic mass is 10.0. The van der Waals surface area contributed by atoms with Gasteiger partial charge in [0.1, 0.15) is 5.82 Å². The van der Waals surface area contributed by atoms with Gasteiger partial charge in [-0.05, 0) is 45.4 Å². The summed E-state index contributed by atoms with van der Waals surface area (Å²) in [6, 6.07) is 6.09. The molecule has 1 aliphatic rings. The van der Waals surface area contributed by atoms with Crippen molar-refractivity contribution in [3.8, 4) is 0 Å². The quantitative estimate of drug-likeness (QED) is 0.813. The average molecular weight is 384 g/mol. The zero-order valence-corrected chi connectivity index (χ0v) is 16.2. The number of sulfonamides is 1. The molecule has 2 heterocycles. The Morgan fingerprint density at radius 1 is 1.36 bits per heavy atom. The van der Waals surface area contributed by atoms with E-state index < -0.39 is 21.7 Å². The molecule has 1 aromatic heterocycles. The van der Waals surface area contributed by atoms with Gasteiger partial charge in [0.2, 0.25) is 0 Å². The highest BCUT2D eigenvalue weighted by Crippen LogP contribution is 2.37. The number of benzene rings is 1. The van der Waals surface area contributed by atoms with Crippen molar-refractivity contribution in [2.24, 2.45) is 0 Å². The Balaban J connectivity index is 1.99. The highest BCUT2D eigenvalue weighted by molar-refractivity contribution is 7.91. The molecule has 5 nitrogen and oxygen atoms in total. The lowest BCUT2D eigenvalue weighted by Crippen LogP contribution is -2.56. The van der Waals surface area contributed by atoms with E-state index in [1.165, 1.54) is 27.8 Å². The largest absolute Gasteiger partial charge is 0.370 e. The third-order valence-corrected chi connectivity index (χ3v) is 7.99. The van der Waals surface area contributed by atoms with Gasteiger partial charge in [-0.2, -0.15) is 4.31 Å². The van der Waals surface area contributed by atoms with E-state index in [4.69, 9.17) is 4.74 Å². The van der Waals surface area contributed by atoms with Crippen LogP contribution in [-0.4, -0.2) is 36.4 Å². The molecule has 1 aliphatic heterocycles. The molecule has 0 amide bonds. The average Bonchev–Trinajstić information content (AvgIpc) is 2.86. The second-order valence-corrected chi connectivity index (χ2v) is 10.1. The zero-order chi connectivity index (χ0) is 18.4. The first-order valence-corrected chi connectivity index (χ1v) is 10.2. The number of halogens is 1. The monoisotopic (exact) mass is 384 g/mol. The van der Waals surface area contributed by atoms with Crippen molar-refractivity contribution in [3.05, 3.63) is 46.3 Å². The Morgan fingerprint density at radius 2 is 2.08 bits per heavy atom. The normalized spacial score (nSPS) is 21.4. The summed E-state index contributed by atoms with van der Waals surface area (Å²) in [5.74, 6) is -0.366. The van der Waals surface area contributed by atoms with Crippen LogP contribution in [0.2, 0.25) is 0 Å². The summed E-state index contributed by atoms with van der Waals surface area (Å²) in [6.45, 7) is 7.51. The molecule has 1 saturated heterocycles. The van der Waals surface area contributed by atoms with Crippen LogP contribution >= 0.6 is 11.3 Å². The van der Waals surface area contributed by atoms with E-state index in [2.05, 4.69) is 4.98 Å². The van der Waals surface area contributed by atoms with Crippen LogP contribution in [0.25, 0.3) is 0 Å². The predicted octanol–water partition coefficient (Wildman–Crippen LogP) is 3.44. The van der Waals surface area contributed by atoms with Crippen molar-refractivity contribution >= 4 is 21.4 Å². The highest BCUT2D eigenvalue weighted by Gasteiger charge is 2.44. The number of morpholine rings is 1. The Kier molecular flexibility index (Phi) is 4.74. The maximum Gasteiger partial charge on any atom is 0.255 e. The van der Waals surface area contributed by atoms with Crippen molar-refractivity contribution < 1.29 is 17.5 Å². The fourth-order valence-corrected chi connectivity index (χ4v) is 6.36. The molecule has 25 heavy (non-hydrogen) atoms. The van der Waals surface area contributed by atoms with Gasteiger partial charge in [0.25, 0.3) is 10.0 Å². The second-order valence-electron chi connectivity index (χ2n) is 6.81. The molecular formula is C17H21FN2O3S2. The van der Waals surface area contributed by atoms with Gasteiger partial charge in [-0.1, -0.05) is 12.1 Å². The van der Waals surface area contributed by atoms with E-state index >= 15 is 0 Å². The van der Waals surface area contributed by atoms with Gasteiger partial charge in [-0.3, -0.25) is 0 Å². The summed E-state index contributed by atoms with van der Waals surface area (Å²) in [4.78, 5) is 4.24. The minimum Gasteiger partial charge on any atom is -0.370 e. The van der Waals surface area contributed by atoms with Crippen LogP contribution in [-0.2, 0) is 14.8 Å². The fourth-order valence-electron chi connectivity index (χ4n) is 3.01.